The third-order valence-corrected chi connectivity index (χ3v) is 4.69. The average molecular weight is 398 g/mol. The molecule has 0 aliphatic heterocycles. The van der Waals surface area contributed by atoms with Gasteiger partial charge in [0.15, 0.2) is 0 Å². The summed E-state index contributed by atoms with van der Waals surface area (Å²) >= 11 is 0. The fraction of sp³-hybridized carbons (Fsp3) is 0.0833. The zero-order valence-corrected chi connectivity index (χ0v) is 16.8. The highest BCUT2D eigenvalue weighted by atomic mass is 16.5. The van der Waals surface area contributed by atoms with Crippen LogP contribution in [0.3, 0.4) is 0 Å². The number of anilines is 1. The molecule has 1 aromatic heterocycles. The topological polar surface area (TPSA) is 68.2 Å². The van der Waals surface area contributed by atoms with Crippen molar-refractivity contribution in [2.45, 2.75) is 6.92 Å². The zero-order chi connectivity index (χ0) is 20.9. The van der Waals surface area contributed by atoms with Crippen molar-refractivity contribution in [2.24, 2.45) is 0 Å². The number of carbonyl (C=O) groups is 1. The van der Waals surface area contributed by atoms with Crippen LogP contribution in [0.15, 0.2) is 85.1 Å². The van der Waals surface area contributed by atoms with Crippen molar-refractivity contribution in [1.82, 2.24) is 15.2 Å². The number of amides is 1. The van der Waals surface area contributed by atoms with Crippen molar-refractivity contribution in [1.29, 1.82) is 0 Å². The Hall–Kier alpha value is -4.06. The molecule has 0 bridgehead atoms. The molecule has 2 N–H and O–H groups in total. The third-order valence-electron chi connectivity index (χ3n) is 4.69. The van der Waals surface area contributed by atoms with Crippen molar-refractivity contribution in [3.63, 3.8) is 0 Å². The van der Waals surface area contributed by atoms with E-state index >= 15 is 0 Å². The normalized spacial score (nSPS) is 10.5. The molecule has 4 rings (SSSR count). The number of nitrogens with zero attached hydrogens (tertiary/aromatic N) is 2. The maximum absolute atomic E-state index is 13.0. The highest BCUT2D eigenvalue weighted by molar-refractivity contribution is 6.00. The van der Waals surface area contributed by atoms with Crippen molar-refractivity contribution in [3.8, 4) is 22.7 Å². The Labute approximate surface area is 175 Å². The fourth-order valence-electron chi connectivity index (χ4n) is 3.07. The highest BCUT2D eigenvalue weighted by Crippen LogP contribution is 2.27. The molecule has 1 amide bonds. The Bertz CT molecular complexity index is 1150. The number of hydrogen-bond donors (Lipinski definition) is 2. The molecule has 0 atom stereocenters. The molecule has 30 heavy (non-hydrogen) atoms. The molecule has 0 aliphatic carbocycles. The number of hydrogen-bond acceptors (Lipinski definition) is 4. The first-order valence-corrected chi connectivity index (χ1v) is 9.56. The summed E-state index contributed by atoms with van der Waals surface area (Å²) in [7, 11) is 1.61. The van der Waals surface area contributed by atoms with Crippen LogP contribution in [0.2, 0.25) is 0 Å². The molecular formula is C24H22N4O2. The number of hydrazine groups is 1. The summed E-state index contributed by atoms with van der Waals surface area (Å²) in [6.45, 7) is 2.03. The van der Waals surface area contributed by atoms with Crippen LogP contribution in [0, 0.1) is 6.92 Å². The predicted octanol–water partition coefficient (Wildman–Crippen LogP) is 4.61. The molecule has 4 aromatic rings. The van der Waals surface area contributed by atoms with E-state index in [0.717, 1.165) is 22.5 Å². The minimum Gasteiger partial charge on any atom is -0.497 e. The Morgan fingerprint density at radius 2 is 1.73 bits per heavy atom. The van der Waals surface area contributed by atoms with Crippen LogP contribution < -0.4 is 15.6 Å². The molecule has 1 heterocycles. The van der Waals surface area contributed by atoms with Gasteiger partial charge in [0.25, 0.3) is 5.91 Å². The van der Waals surface area contributed by atoms with Crippen LogP contribution in [-0.4, -0.2) is 22.8 Å². The molecule has 0 saturated carbocycles. The van der Waals surface area contributed by atoms with E-state index in [4.69, 9.17) is 9.84 Å². The molecule has 0 radical (unpaired) electrons. The van der Waals surface area contributed by atoms with Gasteiger partial charge in [0.05, 0.1) is 24.0 Å². The van der Waals surface area contributed by atoms with Gasteiger partial charge in [0, 0.05) is 11.8 Å². The van der Waals surface area contributed by atoms with Gasteiger partial charge in [-0.05, 0) is 43.3 Å². The lowest BCUT2D eigenvalue weighted by atomic mass is 10.1. The van der Waals surface area contributed by atoms with Gasteiger partial charge in [-0.3, -0.25) is 15.6 Å². The number of para-hydroxylation sites is 1. The van der Waals surface area contributed by atoms with Crippen molar-refractivity contribution in [2.75, 3.05) is 12.5 Å². The molecule has 0 fully saturated rings. The number of benzene rings is 3. The quantitative estimate of drug-likeness (QED) is 0.465. The molecule has 6 nitrogen and oxygen atoms in total. The second-order valence-corrected chi connectivity index (χ2v) is 6.85. The first-order valence-electron chi connectivity index (χ1n) is 9.56. The van der Waals surface area contributed by atoms with E-state index in [1.54, 1.807) is 18.0 Å². The molecule has 0 unspecified atom stereocenters. The maximum atomic E-state index is 13.0. The van der Waals surface area contributed by atoms with E-state index in [9.17, 15) is 4.79 Å². The van der Waals surface area contributed by atoms with Crippen LogP contribution in [0.4, 0.5) is 5.69 Å². The predicted molar refractivity (Wildman–Crippen MR) is 118 cm³/mol. The Morgan fingerprint density at radius 1 is 0.967 bits per heavy atom. The lowest BCUT2D eigenvalue weighted by Crippen LogP contribution is -2.29. The van der Waals surface area contributed by atoms with E-state index in [0.29, 0.717) is 17.0 Å². The van der Waals surface area contributed by atoms with Gasteiger partial charge in [-0.15, -0.1) is 0 Å². The van der Waals surface area contributed by atoms with Crippen molar-refractivity contribution < 1.29 is 9.53 Å². The molecule has 150 valence electrons. The van der Waals surface area contributed by atoms with Crippen LogP contribution in [-0.2, 0) is 0 Å². The number of methoxy groups -OCH3 is 1. The Morgan fingerprint density at radius 3 is 2.47 bits per heavy atom. The van der Waals surface area contributed by atoms with Gasteiger partial charge in [0.2, 0.25) is 0 Å². The fourth-order valence-corrected chi connectivity index (χ4v) is 3.07. The number of rotatable bonds is 6. The van der Waals surface area contributed by atoms with Gasteiger partial charge >= 0.3 is 0 Å². The average Bonchev–Trinajstić information content (AvgIpc) is 3.24. The third kappa shape index (κ3) is 4.17. The molecule has 0 saturated heterocycles. The van der Waals surface area contributed by atoms with Crippen LogP contribution >= 0.6 is 0 Å². The van der Waals surface area contributed by atoms with Crippen molar-refractivity contribution >= 4 is 11.6 Å². The number of nitrogens with one attached hydrogen (secondary N) is 2. The Balaban J connectivity index is 1.71. The van der Waals surface area contributed by atoms with E-state index < -0.39 is 0 Å². The minimum atomic E-state index is -0.282. The van der Waals surface area contributed by atoms with Crippen LogP contribution in [0.1, 0.15) is 15.9 Å². The summed E-state index contributed by atoms with van der Waals surface area (Å²) in [5.74, 6) is 0.418. The van der Waals surface area contributed by atoms with Crippen LogP contribution in [0.5, 0.6) is 5.75 Å². The molecule has 3 aromatic carbocycles. The van der Waals surface area contributed by atoms with E-state index in [1.807, 2.05) is 85.8 Å². The van der Waals surface area contributed by atoms with E-state index in [-0.39, 0.29) is 5.91 Å². The summed E-state index contributed by atoms with van der Waals surface area (Å²) in [6.07, 6.45) is 1.74. The smallest absolute Gasteiger partial charge is 0.273 e. The number of aryl methyl sites for hydroxylation is 1. The standard InChI is InChI=1S/C24H22N4O2/c1-17-11-13-20(14-12-17)28-16-22(24(29)26-25-19-8-4-3-5-9-19)23(27-28)18-7-6-10-21(15-18)30-2/h3-16,25H,1-2H3,(H,26,29). The lowest BCUT2D eigenvalue weighted by Gasteiger charge is -2.08. The minimum absolute atomic E-state index is 0.282. The zero-order valence-electron chi connectivity index (χ0n) is 16.8. The van der Waals surface area contributed by atoms with Gasteiger partial charge in [-0.25, -0.2) is 4.68 Å². The largest absolute Gasteiger partial charge is 0.497 e. The maximum Gasteiger partial charge on any atom is 0.273 e. The van der Waals surface area contributed by atoms with Crippen molar-refractivity contribution in [3.05, 3.63) is 96.2 Å². The van der Waals surface area contributed by atoms with Crippen LogP contribution in [0.25, 0.3) is 16.9 Å². The SMILES string of the molecule is COc1cccc(-c2nn(-c3ccc(C)cc3)cc2C(=O)NNc2ccccc2)c1. The first-order chi connectivity index (χ1) is 14.6. The van der Waals surface area contributed by atoms with Gasteiger partial charge < -0.3 is 4.74 Å². The van der Waals surface area contributed by atoms with E-state index in [1.165, 1.54) is 0 Å². The van der Waals surface area contributed by atoms with Gasteiger partial charge in [0.1, 0.15) is 11.4 Å². The number of aromatic nitrogens is 2. The number of ether oxygens (including phenoxy) is 1. The summed E-state index contributed by atoms with van der Waals surface area (Å²) in [5, 5.41) is 4.70. The summed E-state index contributed by atoms with van der Waals surface area (Å²) in [5.41, 5.74) is 10.3. The first kappa shape index (κ1) is 19.3. The van der Waals surface area contributed by atoms with E-state index in [2.05, 4.69) is 10.9 Å². The molecule has 0 spiro atoms. The summed E-state index contributed by atoms with van der Waals surface area (Å²) in [6, 6.07) is 24.9. The molecule has 0 aliphatic rings. The number of carbonyl (C=O) groups excluding carboxylic acids is 1. The molecular weight excluding hydrogens is 376 g/mol. The van der Waals surface area contributed by atoms with Gasteiger partial charge in [-0.1, -0.05) is 48.0 Å². The lowest BCUT2D eigenvalue weighted by molar-refractivity contribution is 0.0963. The second kappa shape index (κ2) is 8.53. The Kier molecular flexibility index (Phi) is 5.48. The summed E-state index contributed by atoms with van der Waals surface area (Å²) in [4.78, 5) is 13.0. The summed E-state index contributed by atoms with van der Waals surface area (Å²) < 4.78 is 7.05. The van der Waals surface area contributed by atoms with Gasteiger partial charge in [-0.2, -0.15) is 5.10 Å². The monoisotopic (exact) mass is 398 g/mol. The highest BCUT2D eigenvalue weighted by Gasteiger charge is 2.19. The second-order valence-electron chi connectivity index (χ2n) is 6.85. The molecule has 6 heteroatoms.